The lowest BCUT2D eigenvalue weighted by molar-refractivity contribution is 0.530. The topological polar surface area (TPSA) is 26.0 Å². The molecule has 0 aliphatic rings. The molecule has 0 aliphatic heterocycles. The van der Waals surface area contributed by atoms with E-state index in [4.69, 9.17) is 16.0 Å². The largest absolute Gasteiger partial charge is 0.439 e. The van der Waals surface area contributed by atoms with Gasteiger partial charge in [0.2, 0.25) is 5.89 Å². The van der Waals surface area contributed by atoms with Crippen LogP contribution >= 0.6 is 34.3 Å². The van der Waals surface area contributed by atoms with Crippen LogP contribution in [0.25, 0.3) is 20.0 Å². The van der Waals surface area contributed by atoms with Gasteiger partial charge in [0.15, 0.2) is 5.76 Å². The number of hydrogen-bond donors (Lipinski definition) is 0. The summed E-state index contributed by atoms with van der Waals surface area (Å²) < 4.78 is 8.07. The minimum atomic E-state index is 0.319. The number of hydrogen-bond acceptors (Lipinski definition) is 4. The second-order valence-corrected chi connectivity index (χ2v) is 5.31. The van der Waals surface area contributed by atoms with Crippen LogP contribution in [0.1, 0.15) is 5.89 Å². The molecule has 15 heavy (non-hydrogen) atoms. The Morgan fingerprint density at radius 2 is 2.33 bits per heavy atom. The first-order valence-corrected chi connectivity index (χ1v) is 6.58. The molecule has 3 heterocycles. The number of thiophene rings is 2. The third-order valence-electron chi connectivity index (χ3n) is 2.05. The zero-order valence-electron chi connectivity index (χ0n) is 7.57. The second-order valence-electron chi connectivity index (χ2n) is 3.01. The Labute approximate surface area is 99.1 Å². The van der Waals surface area contributed by atoms with Gasteiger partial charge in [-0.25, -0.2) is 4.98 Å². The van der Waals surface area contributed by atoms with E-state index in [1.165, 1.54) is 9.40 Å². The lowest BCUT2D eigenvalue weighted by atomic mass is 10.4. The summed E-state index contributed by atoms with van der Waals surface area (Å²) in [6.07, 6.45) is 1.73. The van der Waals surface area contributed by atoms with Gasteiger partial charge in [-0.2, -0.15) is 0 Å². The van der Waals surface area contributed by atoms with Gasteiger partial charge >= 0.3 is 0 Å². The van der Waals surface area contributed by atoms with Crippen LogP contribution in [0.5, 0.6) is 0 Å². The van der Waals surface area contributed by atoms with E-state index in [0.717, 1.165) is 10.6 Å². The summed E-state index contributed by atoms with van der Waals surface area (Å²) in [5, 5.41) is 2.09. The highest BCUT2D eigenvalue weighted by molar-refractivity contribution is 7.28. The van der Waals surface area contributed by atoms with Crippen molar-refractivity contribution in [2.45, 2.75) is 5.88 Å². The third kappa shape index (κ3) is 1.58. The molecule has 2 nitrogen and oxygen atoms in total. The number of halogens is 1. The summed E-state index contributed by atoms with van der Waals surface area (Å²) in [6, 6.07) is 4.25. The van der Waals surface area contributed by atoms with Gasteiger partial charge in [0.1, 0.15) is 0 Å². The highest BCUT2D eigenvalue weighted by Crippen LogP contribution is 2.36. The predicted molar refractivity (Wildman–Crippen MR) is 64.8 cm³/mol. The Kier molecular flexibility index (Phi) is 2.27. The van der Waals surface area contributed by atoms with E-state index >= 15 is 0 Å². The van der Waals surface area contributed by atoms with Crippen LogP contribution in [0.3, 0.4) is 0 Å². The van der Waals surface area contributed by atoms with Crippen molar-refractivity contribution in [3.63, 3.8) is 0 Å². The van der Waals surface area contributed by atoms with E-state index in [9.17, 15) is 0 Å². The maximum Gasteiger partial charge on any atom is 0.209 e. The zero-order valence-corrected chi connectivity index (χ0v) is 9.96. The lowest BCUT2D eigenvalue weighted by Gasteiger charge is -1.87. The predicted octanol–water partition coefficient (Wildman–Crippen LogP) is 4.36. The van der Waals surface area contributed by atoms with Gasteiger partial charge in [-0.15, -0.1) is 34.3 Å². The van der Waals surface area contributed by atoms with Crippen LogP contribution in [0.2, 0.25) is 0 Å². The molecule has 0 aliphatic carbocycles. The highest BCUT2D eigenvalue weighted by atomic mass is 35.5. The Morgan fingerprint density at radius 1 is 1.40 bits per heavy atom. The van der Waals surface area contributed by atoms with Crippen molar-refractivity contribution in [2.24, 2.45) is 0 Å². The average Bonchev–Trinajstić information content (AvgIpc) is 2.91. The fourth-order valence-electron chi connectivity index (χ4n) is 1.37. The van der Waals surface area contributed by atoms with Crippen LogP contribution in [0, 0.1) is 0 Å². The molecule has 0 saturated carbocycles. The molecule has 0 spiro atoms. The van der Waals surface area contributed by atoms with E-state index in [1.54, 1.807) is 28.9 Å². The molecule has 3 rings (SSSR count). The monoisotopic (exact) mass is 255 g/mol. The van der Waals surface area contributed by atoms with E-state index in [0.29, 0.717) is 11.8 Å². The van der Waals surface area contributed by atoms with Crippen molar-refractivity contribution >= 4 is 43.7 Å². The van der Waals surface area contributed by atoms with Gasteiger partial charge < -0.3 is 4.42 Å². The zero-order chi connectivity index (χ0) is 10.3. The first-order chi connectivity index (χ1) is 7.36. The number of oxazole rings is 1. The normalized spacial score (nSPS) is 11.3. The summed E-state index contributed by atoms with van der Waals surface area (Å²) in [4.78, 5) is 5.19. The van der Waals surface area contributed by atoms with Gasteiger partial charge in [-0.3, -0.25) is 0 Å². The number of rotatable bonds is 2. The third-order valence-corrected chi connectivity index (χ3v) is 4.39. The van der Waals surface area contributed by atoms with Gasteiger partial charge in [-0.05, 0) is 17.5 Å². The summed E-state index contributed by atoms with van der Waals surface area (Å²) >= 11 is 9.09. The molecular formula is C10H6ClNOS2. The molecule has 0 atom stereocenters. The molecule has 0 bridgehead atoms. The fourth-order valence-corrected chi connectivity index (χ4v) is 3.55. The number of fused-ring (bicyclic) bond motifs is 1. The molecule has 3 aromatic heterocycles. The molecule has 76 valence electrons. The molecule has 0 saturated heterocycles. The van der Waals surface area contributed by atoms with Crippen molar-refractivity contribution in [3.05, 3.63) is 29.6 Å². The van der Waals surface area contributed by atoms with E-state index < -0.39 is 0 Å². The Balaban J connectivity index is 2.09. The van der Waals surface area contributed by atoms with Crippen LogP contribution in [-0.2, 0) is 5.88 Å². The Bertz CT molecular complexity index is 567. The molecule has 0 radical (unpaired) electrons. The van der Waals surface area contributed by atoms with Gasteiger partial charge in [-0.1, -0.05) is 0 Å². The van der Waals surface area contributed by atoms with Gasteiger partial charge in [0.05, 0.1) is 17.0 Å². The molecule has 0 N–H and O–H groups in total. The number of alkyl halides is 1. The Morgan fingerprint density at radius 3 is 3.07 bits per heavy atom. The van der Waals surface area contributed by atoms with E-state index in [2.05, 4.69) is 22.5 Å². The lowest BCUT2D eigenvalue weighted by Crippen LogP contribution is -1.70. The minimum Gasteiger partial charge on any atom is -0.439 e. The second kappa shape index (κ2) is 3.63. The minimum absolute atomic E-state index is 0.319. The standard InChI is InChI=1S/C10H6ClNOS2/c11-4-10-12-5-6(13-10)8-3-9-7(15-8)1-2-14-9/h1-3,5H,4H2. The van der Waals surface area contributed by atoms with Crippen LogP contribution < -0.4 is 0 Å². The first-order valence-electron chi connectivity index (χ1n) is 4.35. The fraction of sp³-hybridized carbons (Fsp3) is 0.100. The highest BCUT2D eigenvalue weighted by Gasteiger charge is 2.09. The molecule has 0 unspecified atom stereocenters. The molecule has 0 amide bonds. The first kappa shape index (κ1) is 9.39. The summed E-state index contributed by atoms with van der Waals surface area (Å²) in [6.45, 7) is 0. The average molecular weight is 256 g/mol. The number of aromatic nitrogens is 1. The molecule has 5 heteroatoms. The SMILES string of the molecule is ClCc1ncc(-c2cc3sccc3s2)o1. The van der Waals surface area contributed by atoms with E-state index in [1.807, 2.05) is 0 Å². The van der Waals surface area contributed by atoms with E-state index in [-0.39, 0.29) is 0 Å². The van der Waals surface area contributed by atoms with Crippen molar-refractivity contribution in [1.82, 2.24) is 4.98 Å². The molecule has 0 fully saturated rings. The molecule has 0 aromatic carbocycles. The summed E-state index contributed by atoms with van der Waals surface area (Å²) in [5.74, 6) is 1.70. The molecular weight excluding hydrogens is 250 g/mol. The van der Waals surface area contributed by atoms with Crippen molar-refractivity contribution < 1.29 is 4.42 Å². The van der Waals surface area contributed by atoms with Crippen molar-refractivity contribution in [3.8, 4) is 10.6 Å². The maximum absolute atomic E-state index is 5.63. The van der Waals surface area contributed by atoms with Crippen molar-refractivity contribution in [1.29, 1.82) is 0 Å². The summed E-state index contributed by atoms with van der Waals surface area (Å²) in [7, 11) is 0. The van der Waals surface area contributed by atoms with Crippen LogP contribution in [0.15, 0.2) is 28.1 Å². The summed E-state index contributed by atoms with van der Waals surface area (Å²) in [5.41, 5.74) is 0. The van der Waals surface area contributed by atoms with Gasteiger partial charge in [0, 0.05) is 9.40 Å². The quantitative estimate of drug-likeness (QED) is 0.636. The Hall–Kier alpha value is -0.840. The van der Waals surface area contributed by atoms with Gasteiger partial charge in [0.25, 0.3) is 0 Å². The smallest absolute Gasteiger partial charge is 0.209 e. The van der Waals surface area contributed by atoms with Crippen LogP contribution in [0.4, 0.5) is 0 Å². The maximum atomic E-state index is 5.63. The number of nitrogens with zero attached hydrogens (tertiary/aromatic N) is 1. The molecule has 3 aromatic rings. The van der Waals surface area contributed by atoms with Crippen LogP contribution in [-0.4, -0.2) is 4.98 Å². The van der Waals surface area contributed by atoms with Crippen molar-refractivity contribution in [2.75, 3.05) is 0 Å².